The fourth-order valence-electron chi connectivity index (χ4n) is 2.87. The van der Waals surface area contributed by atoms with Gasteiger partial charge in [-0.05, 0) is 54.1 Å². The summed E-state index contributed by atoms with van der Waals surface area (Å²) in [7, 11) is -3.12. The highest BCUT2D eigenvalue weighted by Gasteiger charge is 2.31. The number of ether oxygens (including phenoxy) is 1. The van der Waals surface area contributed by atoms with Gasteiger partial charge in [0, 0.05) is 0 Å². The third-order valence-corrected chi connectivity index (χ3v) is 5.81. The van der Waals surface area contributed by atoms with Gasteiger partial charge in [-0.3, -0.25) is 4.79 Å². The number of hydrogen-bond donors (Lipinski definition) is 1. The van der Waals surface area contributed by atoms with Crippen LogP contribution in [-0.2, 0) is 27.5 Å². The van der Waals surface area contributed by atoms with Crippen molar-refractivity contribution in [3.05, 3.63) is 89.2 Å². The summed E-state index contributed by atoms with van der Waals surface area (Å²) in [6.07, 6.45) is -3.85. The van der Waals surface area contributed by atoms with Crippen molar-refractivity contribution in [1.29, 1.82) is 0 Å². The summed E-state index contributed by atoms with van der Waals surface area (Å²) in [4.78, 5) is 11.6. The molecule has 7 nitrogen and oxygen atoms in total. The molecule has 184 valence electrons. The minimum absolute atomic E-state index is 0.0581. The van der Waals surface area contributed by atoms with Crippen molar-refractivity contribution in [2.75, 3.05) is 7.11 Å². The van der Waals surface area contributed by atoms with Crippen molar-refractivity contribution in [1.82, 2.24) is 5.43 Å². The van der Waals surface area contributed by atoms with Crippen LogP contribution >= 0.6 is 0 Å². The van der Waals surface area contributed by atoms with E-state index in [-0.39, 0.29) is 6.42 Å². The summed E-state index contributed by atoms with van der Waals surface area (Å²) in [6.45, 7) is 0. The van der Waals surface area contributed by atoms with Gasteiger partial charge in [0.1, 0.15) is 16.5 Å². The van der Waals surface area contributed by atoms with E-state index in [2.05, 4.69) is 10.5 Å². The molecule has 3 aromatic carbocycles. The number of nitrogens with one attached hydrogen (secondary N) is 1. The number of hydrogen-bond acceptors (Lipinski definition) is 6. The number of carbonyl (C=O) groups is 1. The van der Waals surface area contributed by atoms with E-state index >= 15 is 0 Å². The molecule has 3 aromatic rings. The molecule has 0 heterocycles. The number of methoxy groups -OCH3 is 1. The van der Waals surface area contributed by atoms with E-state index in [4.69, 9.17) is 8.92 Å². The third-order valence-electron chi connectivity index (χ3n) is 4.56. The van der Waals surface area contributed by atoms with E-state index in [1.807, 2.05) is 0 Å². The molecule has 0 saturated carbocycles. The van der Waals surface area contributed by atoms with Gasteiger partial charge in [-0.1, -0.05) is 18.2 Å². The Kier molecular flexibility index (Phi) is 7.75. The van der Waals surface area contributed by atoms with Crippen molar-refractivity contribution in [3.8, 4) is 11.5 Å². The van der Waals surface area contributed by atoms with Gasteiger partial charge in [0.15, 0.2) is 5.75 Å². The Morgan fingerprint density at radius 3 is 2.40 bits per heavy atom. The molecule has 0 spiro atoms. The molecule has 0 aliphatic rings. The standard InChI is InChI=1S/C23H18F4N2O5S/c1-33-17-5-2-4-15(12-17)13-22(30)29-28-14-19-20(24)6-3-7-21(19)34-35(31,32)18-10-8-16(9-11-18)23(25,26)27/h2-12,14H,13H2,1H3,(H,29,30). The van der Waals surface area contributed by atoms with Gasteiger partial charge < -0.3 is 8.92 Å². The van der Waals surface area contributed by atoms with E-state index in [0.717, 1.165) is 30.5 Å². The topological polar surface area (TPSA) is 94.1 Å². The summed E-state index contributed by atoms with van der Waals surface area (Å²) >= 11 is 0. The van der Waals surface area contributed by atoms with Gasteiger partial charge in [0.2, 0.25) is 5.91 Å². The molecule has 0 atom stereocenters. The van der Waals surface area contributed by atoms with Gasteiger partial charge >= 0.3 is 16.3 Å². The molecular formula is C23H18F4N2O5S. The monoisotopic (exact) mass is 510 g/mol. The lowest BCUT2D eigenvalue weighted by Gasteiger charge is -2.11. The Morgan fingerprint density at radius 1 is 1.06 bits per heavy atom. The third kappa shape index (κ3) is 6.79. The van der Waals surface area contributed by atoms with Crippen LogP contribution in [-0.4, -0.2) is 27.6 Å². The lowest BCUT2D eigenvalue weighted by molar-refractivity contribution is -0.137. The first-order valence-corrected chi connectivity index (χ1v) is 11.3. The fourth-order valence-corrected chi connectivity index (χ4v) is 3.82. The molecule has 1 N–H and O–H groups in total. The van der Waals surface area contributed by atoms with Crippen LogP contribution in [0.5, 0.6) is 11.5 Å². The Bertz CT molecular complexity index is 1340. The average molecular weight is 510 g/mol. The summed E-state index contributed by atoms with van der Waals surface area (Å²) in [5.74, 6) is -1.36. The Hall–Kier alpha value is -3.93. The van der Waals surface area contributed by atoms with Crippen molar-refractivity contribution in [2.45, 2.75) is 17.5 Å². The van der Waals surface area contributed by atoms with E-state index in [1.54, 1.807) is 24.3 Å². The second kappa shape index (κ2) is 10.6. The SMILES string of the molecule is COc1cccc(CC(=O)NN=Cc2c(F)cccc2OS(=O)(=O)c2ccc(C(F)(F)F)cc2)c1. The van der Waals surface area contributed by atoms with Crippen LogP contribution in [0.4, 0.5) is 17.6 Å². The molecular weight excluding hydrogens is 492 g/mol. The maximum Gasteiger partial charge on any atom is 0.416 e. The minimum Gasteiger partial charge on any atom is -0.497 e. The minimum atomic E-state index is -4.65. The van der Waals surface area contributed by atoms with Crippen LogP contribution in [0.1, 0.15) is 16.7 Å². The molecule has 3 rings (SSSR count). The van der Waals surface area contributed by atoms with Crippen LogP contribution < -0.4 is 14.3 Å². The molecule has 0 aliphatic heterocycles. The van der Waals surface area contributed by atoms with Crippen LogP contribution in [0.2, 0.25) is 0 Å². The predicted molar refractivity (Wildman–Crippen MR) is 118 cm³/mol. The molecule has 0 fully saturated rings. The Balaban J connectivity index is 1.74. The number of benzene rings is 3. The van der Waals surface area contributed by atoms with Gasteiger partial charge in [-0.25, -0.2) is 9.82 Å². The number of hydrazone groups is 1. The average Bonchev–Trinajstić information content (AvgIpc) is 2.80. The molecule has 1 amide bonds. The second-order valence-corrected chi connectivity index (χ2v) is 8.58. The van der Waals surface area contributed by atoms with Crippen molar-refractivity contribution in [2.24, 2.45) is 5.10 Å². The smallest absolute Gasteiger partial charge is 0.416 e. The molecule has 35 heavy (non-hydrogen) atoms. The predicted octanol–water partition coefficient (Wildman–Crippen LogP) is 4.31. The number of carbonyl (C=O) groups excluding carboxylic acids is 1. The zero-order valence-electron chi connectivity index (χ0n) is 18.0. The number of nitrogens with zero attached hydrogens (tertiary/aromatic N) is 1. The maximum atomic E-state index is 14.3. The van der Waals surface area contributed by atoms with Crippen LogP contribution in [0.3, 0.4) is 0 Å². The highest BCUT2D eigenvalue weighted by molar-refractivity contribution is 7.87. The van der Waals surface area contributed by atoms with Crippen molar-refractivity contribution < 1.29 is 39.7 Å². The van der Waals surface area contributed by atoms with E-state index in [1.165, 1.54) is 13.2 Å². The zero-order chi connectivity index (χ0) is 25.6. The molecule has 0 bridgehead atoms. The summed E-state index contributed by atoms with van der Waals surface area (Å²) in [5.41, 5.74) is 1.39. The largest absolute Gasteiger partial charge is 0.497 e. The first kappa shape index (κ1) is 25.7. The van der Waals surface area contributed by atoms with E-state index in [9.17, 15) is 30.8 Å². The normalized spacial score (nSPS) is 11.9. The highest BCUT2D eigenvalue weighted by Crippen LogP contribution is 2.30. The second-order valence-electron chi connectivity index (χ2n) is 7.03. The number of alkyl halides is 3. The number of amides is 1. The Morgan fingerprint density at radius 2 is 1.74 bits per heavy atom. The molecule has 0 saturated heterocycles. The summed E-state index contributed by atoms with van der Waals surface area (Å²) in [5, 5.41) is 3.65. The van der Waals surface area contributed by atoms with Crippen LogP contribution in [0, 0.1) is 5.82 Å². The lowest BCUT2D eigenvalue weighted by atomic mass is 10.1. The first-order valence-electron chi connectivity index (χ1n) is 9.85. The van der Waals surface area contributed by atoms with Gasteiger partial charge in [0.05, 0.1) is 30.9 Å². The Labute approximate surface area is 198 Å². The molecule has 0 aliphatic carbocycles. The van der Waals surface area contributed by atoms with E-state index < -0.39 is 49.8 Å². The van der Waals surface area contributed by atoms with E-state index in [0.29, 0.717) is 23.4 Å². The van der Waals surface area contributed by atoms with Crippen LogP contribution in [0.15, 0.2) is 76.7 Å². The molecule has 0 radical (unpaired) electrons. The van der Waals surface area contributed by atoms with Crippen molar-refractivity contribution >= 4 is 22.2 Å². The number of rotatable bonds is 8. The van der Waals surface area contributed by atoms with Gasteiger partial charge in [-0.2, -0.15) is 26.7 Å². The van der Waals surface area contributed by atoms with Gasteiger partial charge in [0.25, 0.3) is 0 Å². The van der Waals surface area contributed by atoms with Gasteiger partial charge in [-0.15, -0.1) is 0 Å². The summed E-state index contributed by atoms with van der Waals surface area (Å²) in [6, 6.07) is 12.7. The maximum absolute atomic E-state index is 14.3. The van der Waals surface area contributed by atoms with Crippen molar-refractivity contribution in [3.63, 3.8) is 0 Å². The molecule has 0 aromatic heterocycles. The quantitative estimate of drug-likeness (QED) is 0.211. The zero-order valence-corrected chi connectivity index (χ0v) is 18.9. The number of halogens is 4. The molecule has 0 unspecified atom stereocenters. The summed E-state index contributed by atoms with van der Waals surface area (Å²) < 4.78 is 87.5. The lowest BCUT2D eigenvalue weighted by Crippen LogP contribution is -2.20. The first-order chi connectivity index (χ1) is 16.5. The fraction of sp³-hybridized carbons (Fsp3) is 0.130. The molecule has 12 heteroatoms. The van der Waals surface area contributed by atoms with Crippen LogP contribution in [0.25, 0.3) is 0 Å². The highest BCUT2D eigenvalue weighted by atomic mass is 32.2.